The van der Waals surface area contributed by atoms with E-state index >= 15 is 0 Å². The molecule has 0 heterocycles. The normalized spacial score (nSPS) is 16.9. The van der Waals surface area contributed by atoms with Crippen LogP contribution in [0.25, 0.3) is 0 Å². The van der Waals surface area contributed by atoms with Gasteiger partial charge in [-0.3, -0.25) is 14.4 Å². The van der Waals surface area contributed by atoms with Crippen molar-refractivity contribution in [3.05, 3.63) is 47.5 Å². The van der Waals surface area contributed by atoms with Crippen LogP contribution in [0.2, 0.25) is 0 Å². The zero-order valence-electron chi connectivity index (χ0n) is 11.3. The van der Waals surface area contributed by atoms with E-state index in [1.165, 1.54) is 0 Å². The van der Waals surface area contributed by atoms with Gasteiger partial charge in [0.1, 0.15) is 0 Å². The molecule has 0 aromatic heterocycles. The quantitative estimate of drug-likeness (QED) is 0.469. The van der Waals surface area contributed by atoms with Crippen molar-refractivity contribution in [3.8, 4) is 0 Å². The minimum Gasteiger partial charge on any atom is -0.445 e. The van der Waals surface area contributed by atoms with Gasteiger partial charge in [-0.2, -0.15) is 0 Å². The highest BCUT2D eigenvalue weighted by molar-refractivity contribution is 6.29. The van der Waals surface area contributed by atoms with Crippen LogP contribution in [0.3, 0.4) is 0 Å². The number of esters is 1. The number of hydrogen-bond donors (Lipinski definition) is 0. The number of ketones is 2. The summed E-state index contributed by atoms with van der Waals surface area (Å²) in [6.07, 6.45) is 1.67. The molecule has 0 fully saturated rings. The number of carbonyl (C=O) groups is 3. The number of rotatable bonds is 5. The number of hydrogen-bond acceptors (Lipinski definition) is 4. The zero-order chi connectivity index (χ0) is 14.7. The van der Waals surface area contributed by atoms with Crippen LogP contribution in [-0.4, -0.2) is 23.6 Å². The van der Waals surface area contributed by atoms with Crippen LogP contribution in [0.5, 0.6) is 0 Å². The molecule has 0 spiro atoms. The molecular formula is C16H16O4. The van der Waals surface area contributed by atoms with Crippen molar-refractivity contribution in [2.75, 3.05) is 0 Å². The van der Waals surface area contributed by atoms with Crippen LogP contribution in [0.1, 0.15) is 46.0 Å². The molecule has 0 amide bonds. The van der Waals surface area contributed by atoms with E-state index in [-0.39, 0.29) is 6.42 Å². The molecule has 1 aromatic rings. The molecule has 4 nitrogen and oxygen atoms in total. The molecule has 0 saturated carbocycles. The Morgan fingerprint density at radius 3 is 2.75 bits per heavy atom. The van der Waals surface area contributed by atoms with Crippen molar-refractivity contribution < 1.29 is 19.1 Å². The molecule has 2 rings (SSSR count). The number of carbonyl (C=O) groups excluding carboxylic acids is 3. The van der Waals surface area contributed by atoms with Crippen LogP contribution in [0, 0.1) is 0 Å². The SMILES string of the molecule is C=CCc1cccc2c1C(=O)C(OC(=O)CCC)C2=O. The summed E-state index contributed by atoms with van der Waals surface area (Å²) in [7, 11) is 0. The van der Waals surface area contributed by atoms with Crippen LogP contribution in [0.15, 0.2) is 30.9 Å². The van der Waals surface area contributed by atoms with E-state index in [2.05, 4.69) is 6.58 Å². The Morgan fingerprint density at radius 2 is 2.10 bits per heavy atom. The molecule has 1 atom stereocenters. The first-order chi connectivity index (χ1) is 9.60. The number of allylic oxidation sites excluding steroid dienone is 1. The van der Waals surface area contributed by atoms with E-state index in [1.807, 2.05) is 6.92 Å². The summed E-state index contributed by atoms with van der Waals surface area (Å²) in [6.45, 7) is 5.47. The van der Waals surface area contributed by atoms with E-state index in [0.29, 0.717) is 24.0 Å². The van der Waals surface area contributed by atoms with Crippen LogP contribution < -0.4 is 0 Å². The molecule has 1 aliphatic rings. The Morgan fingerprint density at radius 1 is 1.35 bits per heavy atom. The Bertz CT molecular complexity index is 586. The topological polar surface area (TPSA) is 60.4 Å². The van der Waals surface area contributed by atoms with Gasteiger partial charge in [-0.15, -0.1) is 6.58 Å². The second kappa shape index (κ2) is 5.82. The second-order valence-corrected chi connectivity index (χ2v) is 4.68. The van der Waals surface area contributed by atoms with Gasteiger partial charge < -0.3 is 4.74 Å². The number of ether oxygens (including phenoxy) is 1. The molecule has 20 heavy (non-hydrogen) atoms. The number of fused-ring (bicyclic) bond motifs is 1. The Hall–Kier alpha value is -2.23. The Labute approximate surface area is 117 Å². The predicted octanol–water partition coefficient (Wildman–Crippen LogP) is 2.51. The van der Waals surface area contributed by atoms with E-state index < -0.39 is 23.6 Å². The van der Waals surface area contributed by atoms with Crippen LogP contribution >= 0.6 is 0 Å². The molecule has 1 aliphatic carbocycles. The summed E-state index contributed by atoms with van der Waals surface area (Å²) in [5.74, 6) is -1.37. The average molecular weight is 272 g/mol. The Balaban J connectivity index is 2.32. The lowest BCUT2D eigenvalue weighted by Gasteiger charge is -2.08. The maximum absolute atomic E-state index is 12.3. The van der Waals surface area contributed by atoms with Gasteiger partial charge in [-0.25, -0.2) is 0 Å². The molecule has 0 aliphatic heterocycles. The molecule has 0 N–H and O–H groups in total. The maximum atomic E-state index is 12.3. The third-order valence-electron chi connectivity index (χ3n) is 3.21. The minimum absolute atomic E-state index is 0.201. The van der Waals surface area contributed by atoms with E-state index in [4.69, 9.17) is 4.74 Å². The molecule has 0 bridgehead atoms. The monoisotopic (exact) mass is 272 g/mol. The van der Waals surface area contributed by atoms with Crippen molar-refractivity contribution in [1.29, 1.82) is 0 Å². The lowest BCUT2D eigenvalue weighted by Crippen LogP contribution is -2.28. The van der Waals surface area contributed by atoms with Gasteiger partial charge >= 0.3 is 5.97 Å². The zero-order valence-corrected chi connectivity index (χ0v) is 11.3. The summed E-state index contributed by atoms with van der Waals surface area (Å²) < 4.78 is 5.03. The molecule has 1 aromatic carbocycles. The lowest BCUT2D eigenvalue weighted by molar-refractivity contribution is -0.145. The number of benzene rings is 1. The molecule has 1 unspecified atom stereocenters. The van der Waals surface area contributed by atoms with E-state index in [9.17, 15) is 14.4 Å². The predicted molar refractivity (Wildman–Crippen MR) is 73.8 cm³/mol. The molecular weight excluding hydrogens is 256 g/mol. The first kappa shape index (κ1) is 14.2. The van der Waals surface area contributed by atoms with Gasteiger partial charge in [0.15, 0.2) is 0 Å². The summed E-state index contributed by atoms with van der Waals surface area (Å²) in [4.78, 5) is 36.0. The fraction of sp³-hybridized carbons (Fsp3) is 0.312. The largest absolute Gasteiger partial charge is 0.445 e. The Kier molecular flexibility index (Phi) is 4.13. The minimum atomic E-state index is -1.31. The molecule has 104 valence electrons. The smallest absolute Gasteiger partial charge is 0.306 e. The molecule has 4 heteroatoms. The van der Waals surface area contributed by atoms with Crippen molar-refractivity contribution in [1.82, 2.24) is 0 Å². The maximum Gasteiger partial charge on any atom is 0.306 e. The number of Topliss-reactive ketones (excluding diaryl/α,β-unsaturated/α-hetero) is 2. The molecule has 0 radical (unpaired) electrons. The lowest BCUT2D eigenvalue weighted by atomic mass is 10.0. The van der Waals surface area contributed by atoms with Gasteiger partial charge in [0.25, 0.3) is 0 Å². The van der Waals surface area contributed by atoms with Gasteiger partial charge in [0, 0.05) is 17.5 Å². The first-order valence-corrected chi connectivity index (χ1v) is 6.60. The van der Waals surface area contributed by atoms with Crippen LogP contribution in [-0.2, 0) is 16.0 Å². The van der Waals surface area contributed by atoms with Crippen molar-refractivity contribution in [3.63, 3.8) is 0 Å². The molecule has 0 saturated heterocycles. The highest BCUT2D eigenvalue weighted by Gasteiger charge is 2.42. The second-order valence-electron chi connectivity index (χ2n) is 4.68. The fourth-order valence-corrected chi connectivity index (χ4v) is 2.31. The fourth-order valence-electron chi connectivity index (χ4n) is 2.31. The van der Waals surface area contributed by atoms with E-state index in [0.717, 1.165) is 5.56 Å². The summed E-state index contributed by atoms with van der Waals surface area (Å²) in [5, 5.41) is 0. The van der Waals surface area contributed by atoms with Crippen molar-refractivity contribution >= 4 is 17.5 Å². The standard InChI is InChI=1S/C16H16O4/c1-3-6-10-8-5-9-11-13(10)15(19)16(14(11)18)20-12(17)7-4-2/h3,5,8-9,16H,1,4,6-7H2,2H3. The van der Waals surface area contributed by atoms with Crippen molar-refractivity contribution in [2.45, 2.75) is 32.3 Å². The third kappa shape index (κ3) is 2.41. The average Bonchev–Trinajstić information content (AvgIpc) is 2.66. The summed E-state index contributed by atoms with van der Waals surface area (Å²) in [6, 6.07) is 5.09. The highest BCUT2D eigenvalue weighted by Crippen LogP contribution is 2.28. The van der Waals surface area contributed by atoms with Gasteiger partial charge in [-0.05, 0) is 18.4 Å². The van der Waals surface area contributed by atoms with Gasteiger partial charge in [0.05, 0.1) is 0 Å². The van der Waals surface area contributed by atoms with Crippen LogP contribution in [0.4, 0.5) is 0 Å². The van der Waals surface area contributed by atoms with Gasteiger partial charge in [0.2, 0.25) is 17.7 Å². The summed E-state index contributed by atoms with van der Waals surface area (Å²) in [5.41, 5.74) is 1.44. The van der Waals surface area contributed by atoms with Gasteiger partial charge in [-0.1, -0.05) is 31.2 Å². The third-order valence-corrected chi connectivity index (χ3v) is 3.21. The first-order valence-electron chi connectivity index (χ1n) is 6.60. The highest BCUT2D eigenvalue weighted by atomic mass is 16.5. The summed E-state index contributed by atoms with van der Waals surface area (Å²) >= 11 is 0. The van der Waals surface area contributed by atoms with E-state index in [1.54, 1.807) is 24.3 Å². The van der Waals surface area contributed by atoms with Crippen molar-refractivity contribution in [2.24, 2.45) is 0 Å².